The van der Waals surface area contributed by atoms with Crippen molar-refractivity contribution in [3.05, 3.63) is 58.4 Å². The molecule has 1 aromatic heterocycles. The summed E-state index contributed by atoms with van der Waals surface area (Å²) in [5, 5.41) is 19.6. The lowest BCUT2D eigenvalue weighted by atomic mass is 10.1. The van der Waals surface area contributed by atoms with Gasteiger partial charge in [0.1, 0.15) is 11.9 Å². The van der Waals surface area contributed by atoms with Gasteiger partial charge in [-0.1, -0.05) is 12.1 Å². The van der Waals surface area contributed by atoms with Crippen LogP contribution in [0.2, 0.25) is 0 Å². The molecule has 6 nitrogen and oxygen atoms in total. The maximum absolute atomic E-state index is 10.8. The Kier molecular flexibility index (Phi) is 4.04. The molecule has 0 radical (unpaired) electrons. The van der Waals surface area contributed by atoms with E-state index in [2.05, 4.69) is 4.98 Å². The Bertz CT molecular complexity index is 569. The highest BCUT2D eigenvalue weighted by molar-refractivity contribution is 5.46. The standard InChI is InChI=1S/C13H12N2O4/c16-8-6-10-1-3-11(4-2-10)19-13-5-7-14-9-12(13)15(17)18/h1-5,7,9,16H,6,8H2. The Balaban J connectivity index is 2.19. The highest BCUT2D eigenvalue weighted by Crippen LogP contribution is 2.29. The number of hydrogen-bond donors (Lipinski definition) is 1. The number of rotatable bonds is 5. The Hall–Kier alpha value is -2.47. The molecule has 0 unspecified atom stereocenters. The molecule has 19 heavy (non-hydrogen) atoms. The summed E-state index contributed by atoms with van der Waals surface area (Å²) < 4.78 is 5.46. The molecule has 98 valence electrons. The number of nitrogens with zero attached hydrogens (tertiary/aromatic N) is 2. The van der Waals surface area contributed by atoms with E-state index in [4.69, 9.17) is 9.84 Å². The first-order valence-corrected chi connectivity index (χ1v) is 5.67. The minimum atomic E-state index is -0.539. The molecule has 0 aliphatic rings. The lowest BCUT2D eigenvalue weighted by Crippen LogP contribution is -1.94. The van der Waals surface area contributed by atoms with E-state index in [1.54, 1.807) is 24.3 Å². The van der Waals surface area contributed by atoms with E-state index in [1.165, 1.54) is 12.3 Å². The normalized spacial score (nSPS) is 10.2. The number of pyridine rings is 1. The van der Waals surface area contributed by atoms with Gasteiger partial charge in [0.05, 0.1) is 4.92 Å². The molecule has 2 aromatic rings. The summed E-state index contributed by atoms with van der Waals surface area (Å²) in [4.78, 5) is 14.0. The van der Waals surface area contributed by atoms with Crippen molar-refractivity contribution in [2.45, 2.75) is 6.42 Å². The minimum absolute atomic E-state index is 0.0794. The van der Waals surface area contributed by atoms with Crippen LogP contribution < -0.4 is 4.74 Å². The fourth-order valence-corrected chi connectivity index (χ4v) is 1.58. The van der Waals surface area contributed by atoms with E-state index in [0.717, 1.165) is 11.8 Å². The molecule has 0 aliphatic carbocycles. The van der Waals surface area contributed by atoms with Gasteiger partial charge in [-0.25, -0.2) is 0 Å². The smallest absolute Gasteiger partial charge is 0.329 e. The van der Waals surface area contributed by atoms with E-state index in [0.29, 0.717) is 12.2 Å². The van der Waals surface area contributed by atoms with Crippen molar-refractivity contribution in [3.8, 4) is 11.5 Å². The fourth-order valence-electron chi connectivity index (χ4n) is 1.58. The predicted octanol–water partition coefficient (Wildman–Crippen LogP) is 2.32. The van der Waals surface area contributed by atoms with Gasteiger partial charge < -0.3 is 9.84 Å². The largest absolute Gasteiger partial charge is 0.450 e. The molecule has 6 heteroatoms. The first kappa shape index (κ1) is 13.0. The zero-order valence-electron chi connectivity index (χ0n) is 10.0. The van der Waals surface area contributed by atoms with Crippen molar-refractivity contribution in [1.82, 2.24) is 4.98 Å². The van der Waals surface area contributed by atoms with Crippen molar-refractivity contribution < 1.29 is 14.8 Å². The van der Waals surface area contributed by atoms with Crippen LogP contribution in [0.25, 0.3) is 0 Å². The molecule has 0 aliphatic heterocycles. The molecular formula is C13H12N2O4. The van der Waals surface area contributed by atoms with Gasteiger partial charge in [-0.05, 0) is 24.1 Å². The third-order valence-corrected chi connectivity index (χ3v) is 2.51. The molecule has 1 heterocycles. The van der Waals surface area contributed by atoms with Crippen LogP contribution in [0.15, 0.2) is 42.7 Å². The van der Waals surface area contributed by atoms with Crippen LogP contribution in [0.4, 0.5) is 5.69 Å². The quantitative estimate of drug-likeness (QED) is 0.658. The van der Waals surface area contributed by atoms with E-state index >= 15 is 0 Å². The maximum Gasteiger partial charge on any atom is 0.329 e. The molecule has 0 bridgehead atoms. The average Bonchev–Trinajstić information content (AvgIpc) is 2.42. The van der Waals surface area contributed by atoms with Gasteiger partial charge in [-0.15, -0.1) is 0 Å². The fraction of sp³-hybridized carbons (Fsp3) is 0.154. The second-order valence-corrected chi connectivity index (χ2v) is 3.82. The van der Waals surface area contributed by atoms with Crippen molar-refractivity contribution in [3.63, 3.8) is 0 Å². The Morgan fingerprint density at radius 3 is 2.63 bits per heavy atom. The zero-order valence-corrected chi connectivity index (χ0v) is 10.0. The number of aromatic nitrogens is 1. The number of benzene rings is 1. The maximum atomic E-state index is 10.8. The molecule has 0 saturated heterocycles. The number of hydrogen-bond acceptors (Lipinski definition) is 5. The van der Waals surface area contributed by atoms with Gasteiger partial charge in [-0.2, -0.15) is 0 Å². The van der Waals surface area contributed by atoms with E-state index < -0.39 is 4.92 Å². The molecule has 2 rings (SSSR count). The van der Waals surface area contributed by atoms with Gasteiger partial charge >= 0.3 is 5.69 Å². The van der Waals surface area contributed by atoms with Crippen LogP contribution in [0.5, 0.6) is 11.5 Å². The van der Waals surface area contributed by atoms with Crippen LogP contribution in [0, 0.1) is 10.1 Å². The van der Waals surface area contributed by atoms with E-state index in [1.807, 2.05) is 0 Å². The highest BCUT2D eigenvalue weighted by Gasteiger charge is 2.15. The summed E-state index contributed by atoms with van der Waals surface area (Å²) in [6.07, 6.45) is 3.15. The number of aliphatic hydroxyl groups is 1. The Labute approximate surface area is 109 Å². The second kappa shape index (κ2) is 5.92. The summed E-state index contributed by atoms with van der Waals surface area (Å²) in [6, 6.07) is 8.46. The number of ether oxygens (including phenoxy) is 1. The van der Waals surface area contributed by atoms with Gasteiger partial charge in [0.25, 0.3) is 0 Å². The van der Waals surface area contributed by atoms with Crippen molar-refractivity contribution in [2.24, 2.45) is 0 Å². The Morgan fingerprint density at radius 2 is 2.00 bits per heavy atom. The molecule has 1 aromatic carbocycles. The minimum Gasteiger partial charge on any atom is -0.450 e. The van der Waals surface area contributed by atoms with Crippen molar-refractivity contribution >= 4 is 5.69 Å². The third kappa shape index (κ3) is 3.26. The molecule has 0 fully saturated rings. The van der Waals surface area contributed by atoms with Crippen molar-refractivity contribution in [2.75, 3.05) is 6.61 Å². The van der Waals surface area contributed by atoms with Crippen LogP contribution in [0.3, 0.4) is 0 Å². The first-order valence-electron chi connectivity index (χ1n) is 5.67. The molecular weight excluding hydrogens is 248 g/mol. The third-order valence-electron chi connectivity index (χ3n) is 2.51. The molecule has 0 spiro atoms. The predicted molar refractivity (Wildman–Crippen MR) is 68.2 cm³/mol. The lowest BCUT2D eigenvalue weighted by molar-refractivity contribution is -0.386. The molecule has 0 atom stereocenters. The SMILES string of the molecule is O=[N+]([O-])c1cnccc1Oc1ccc(CCO)cc1. The monoisotopic (exact) mass is 260 g/mol. The molecule has 0 saturated carbocycles. The van der Waals surface area contributed by atoms with Crippen LogP contribution in [-0.2, 0) is 6.42 Å². The first-order chi connectivity index (χ1) is 9.20. The van der Waals surface area contributed by atoms with Gasteiger partial charge in [0, 0.05) is 18.9 Å². The van der Waals surface area contributed by atoms with E-state index in [9.17, 15) is 10.1 Å². The van der Waals surface area contributed by atoms with Crippen LogP contribution in [-0.4, -0.2) is 21.6 Å². The molecule has 1 N–H and O–H groups in total. The summed E-state index contributed by atoms with van der Waals surface area (Å²) in [5.41, 5.74) is 0.793. The van der Waals surface area contributed by atoms with Crippen LogP contribution in [0.1, 0.15) is 5.56 Å². The zero-order chi connectivity index (χ0) is 13.7. The summed E-state index contributed by atoms with van der Waals surface area (Å²) in [7, 11) is 0. The van der Waals surface area contributed by atoms with Gasteiger partial charge in [-0.3, -0.25) is 15.1 Å². The van der Waals surface area contributed by atoms with Crippen LogP contribution >= 0.6 is 0 Å². The lowest BCUT2D eigenvalue weighted by Gasteiger charge is -2.06. The summed E-state index contributed by atoms with van der Waals surface area (Å²) in [6.45, 7) is 0.0794. The topological polar surface area (TPSA) is 85.5 Å². The molecule has 0 amide bonds. The highest BCUT2D eigenvalue weighted by atomic mass is 16.6. The van der Waals surface area contributed by atoms with Gasteiger partial charge in [0.2, 0.25) is 5.75 Å². The van der Waals surface area contributed by atoms with Gasteiger partial charge in [0.15, 0.2) is 0 Å². The number of nitro groups is 1. The van der Waals surface area contributed by atoms with Crippen molar-refractivity contribution in [1.29, 1.82) is 0 Å². The number of aliphatic hydroxyl groups excluding tert-OH is 1. The van der Waals surface area contributed by atoms with E-state index in [-0.39, 0.29) is 18.0 Å². The summed E-state index contributed by atoms with van der Waals surface area (Å²) >= 11 is 0. The average molecular weight is 260 g/mol. The second-order valence-electron chi connectivity index (χ2n) is 3.82. The Morgan fingerprint density at radius 1 is 1.26 bits per heavy atom. The summed E-state index contributed by atoms with van der Waals surface area (Å²) in [5.74, 6) is 0.644.